The van der Waals surface area contributed by atoms with E-state index in [0.29, 0.717) is 11.4 Å². The molecule has 0 bridgehead atoms. The van der Waals surface area contributed by atoms with E-state index in [1.54, 1.807) is 11.8 Å². The molecular weight excluding hydrogens is 336 g/mol. The number of amides is 2. The minimum absolute atomic E-state index is 0.0237. The predicted molar refractivity (Wildman–Crippen MR) is 101 cm³/mol. The van der Waals surface area contributed by atoms with Crippen molar-refractivity contribution in [3.05, 3.63) is 59.7 Å². The summed E-state index contributed by atoms with van der Waals surface area (Å²) in [6, 6.07) is 15.6. The average Bonchev–Trinajstić information content (AvgIpc) is 2.97. The average molecular weight is 356 g/mol. The van der Waals surface area contributed by atoms with E-state index in [1.165, 1.54) is 7.11 Å². The summed E-state index contributed by atoms with van der Waals surface area (Å²) in [5.74, 6) is 0.380. The predicted octanol–water partition coefficient (Wildman–Crippen LogP) is 3.36. The molecule has 1 unspecified atom stereocenters. The van der Waals surface area contributed by atoms with Gasteiger partial charge < -0.3 is 10.1 Å². The van der Waals surface area contributed by atoms with Gasteiger partial charge >= 0.3 is 0 Å². The van der Waals surface area contributed by atoms with Gasteiger partial charge in [0.25, 0.3) is 0 Å². The third-order valence-corrected chi connectivity index (χ3v) is 5.12. The van der Waals surface area contributed by atoms with Crippen molar-refractivity contribution in [2.24, 2.45) is 0 Å². The standard InChI is InChI=1S/C19H20N2O3S/c1-13-4-3-5-16(10-13)21-18(23)12-25-19(21)14-6-8-15(9-7-14)20-17(22)11-24-2/h3-10,19H,11-12H2,1-2H3,(H,20,22). The van der Waals surface area contributed by atoms with Gasteiger partial charge in [-0.2, -0.15) is 0 Å². The van der Waals surface area contributed by atoms with Crippen LogP contribution in [0.2, 0.25) is 0 Å². The normalized spacial score (nSPS) is 17.0. The van der Waals surface area contributed by atoms with Crippen LogP contribution < -0.4 is 10.2 Å². The number of nitrogens with zero attached hydrogens (tertiary/aromatic N) is 1. The first-order valence-electron chi connectivity index (χ1n) is 7.97. The van der Waals surface area contributed by atoms with Crippen molar-refractivity contribution in [3.63, 3.8) is 0 Å². The quantitative estimate of drug-likeness (QED) is 0.892. The smallest absolute Gasteiger partial charge is 0.250 e. The largest absolute Gasteiger partial charge is 0.375 e. The maximum absolute atomic E-state index is 12.4. The van der Waals surface area contributed by atoms with Crippen LogP contribution in [-0.2, 0) is 14.3 Å². The van der Waals surface area contributed by atoms with Crippen LogP contribution in [0.3, 0.4) is 0 Å². The van der Waals surface area contributed by atoms with Gasteiger partial charge in [0, 0.05) is 18.5 Å². The molecule has 3 rings (SSSR count). The molecule has 6 heteroatoms. The molecule has 130 valence electrons. The first-order chi connectivity index (χ1) is 12.1. The third-order valence-electron chi connectivity index (χ3n) is 3.90. The van der Waals surface area contributed by atoms with E-state index in [2.05, 4.69) is 5.32 Å². The molecule has 1 fully saturated rings. The highest BCUT2D eigenvalue weighted by atomic mass is 32.2. The fourth-order valence-corrected chi connectivity index (χ4v) is 3.96. The molecule has 1 saturated heterocycles. The summed E-state index contributed by atoms with van der Waals surface area (Å²) in [6.07, 6.45) is 0. The van der Waals surface area contributed by atoms with Crippen LogP contribution in [0.5, 0.6) is 0 Å². The van der Waals surface area contributed by atoms with Crippen LogP contribution in [0.25, 0.3) is 0 Å². The maximum atomic E-state index is 12.4. The Labute approximate surface area is 151 Å². The highest BCUT2D eigenvalue weighted by Gasteiger charge is 2.33. The molecule has 5 nitrogen and oxygen atoms in total. The summed E-state index contributed by atoms with van der Waals surface area (Å²) >= 11 is 1.61. The molecular formula is C19H20N2O3S. The van der Waals surface area contributed by atoms with Gasteiger partial charge in [-0.1, -0.05) is 24.3 Å². The van der Waals surface area contributed by atoms with E-state index >= 15 is 0 Å². The molecule has 1 aliphatic rings. The summed E-state index contributed by atoms with van der Waals surface area (Å²) in [4.78, 5) is 25.8. The molecule has 2 aromatic carbocycles. The molecule has 2 aromatic rings. The van der Waals surface area contributed by atoms with Gasteiger partial charge in [0.2, 0.25) is 11.8 Å². The molecule has 25 heavy (non-hydrogen) atoms. The van der Waals surface area contributed by atoms with Crippen LogP contribution in [-0.4, -0.2) is 31.3 Å². The van der Waals surface area contributed by atoms with E-state index < -0.39 is 0 Å². The fraction of sp³-hybridized carbons (Fsp3) is 0.263. The Morgan fingerprint density at radius 1 is 1.28 bits per heavy atom. The lowest BCUT2D eigenvalue weighted by Crippen LogP contribution is -2.27. The van der Waals surface area contributed by atoms with E-state index in [-0.39, 0.29) is 23.8 Å². The molecule has 1 heterocycles. The topological polar surface area (TPSA) is 58.6 Å². The van der Waals surface area contributed by atoms with Gasteiger partial charge in [-0.15, -0.1) is 11.8 Å². The Hall–Kier alpha value is -2.31. The summed E-state index contributed by atoms with van der Waals surface area (Å²) in [7, 11) is 1.48. The second kappa shape index (κ2) is 7.72. The van der Waals surface area contributed by atoms with Gasteiger partial charge in [0.15, 0.2) is 0 Å². The van der Waals surface area contributed by atoms with E-state index in [4.69, 9.17) is 4.74 Å². The highest BCUT2D eigenvalue weighted by molar-refractivity contribution is 8.00. The summed E-state index contributed by atoms with van der Waals surface area (Å²) < 4.78 is 4.81. The molecule has 1 aliphatic heterocycles. The Kier molecular flexibility index (Phi) is 5.40. The first kappa shape index (κ1) is 17.5. The van der Waals surface area contributed by atoms with Crippen molar-refractivity contribution in [2.45, 2.75) is 12.3 Å². The number of thioether (sulfide) groups is 1. The maximum Gasteiger partial charge on any atom is 0.250 e. The number of hydrogen-bond acceptors (Lipinski definition) is 4. The minimum atomic E-state index is -0.193. The molecule has 0 radical (unpaired) electrons. The molecule has 0 aliphatic carbocycles. The number of ether oxygens (including phenoxy) is 1. The number of benzene rings is 2. The number of methoxy groups -OCH3 is 1. The molecule has 2 amide bonds. The van der Waals surface area contributed by atoms with Crippen molar-refractivity contribution >= 4 is 35.0 Å². The van der Waals surface area contributed by atoms with Gasteiger partial charge in [-0.3, -0.25) is 14.5 Å². The first-order valence-corrected chi connectivity index (χ1v) is 9.02. The third kappa shape index (κ3) is 4.03. The van der Waals surface area contributed by atoms with Crippen molar-refractivity contribution < 1.29 is 14.3 Å². The highest BCUT2D eigenvalue weighted by Crippen LogP contribution is 2.42. The number of carbonyl (C=O) groups excluding carboxylic acids is 2. The monoisotopic (exact) mass is 356 g/mol. The summed E-state index contributed by atoms with van der Waals surface area (Å²) in [5.41, 5.74) is 3.78. The number of anilines is 2. The zero-order valence-corrected chi connectivity index (χ0v) is 15.0. The van der Waals surface area contributed by atoms with Gasteiger partial charge in [-0.05, 0) is 42.3 Å². The number of carbonyl (C=O) groups is 2. The van der Waals surface area contributed by atoms with Gasteiger partial charge in [0.05, 0.1) is 5.75 Å². The molecule has 0 spiro atoms. The van der Waals surface area contributed by atoms with Gasteiger partial charge in [-0.25, -0.2) is 0 Å². The van der Waals surface area contributed by atoms with E-state index in [9.17, 15) is 9.59 Å². The zero-order valence-electron chi connectivity index (χ0n) is 14.2. The summed E-state index contributed by atoms with van der Waals surface area (Å²) in [6.45, 7) is 2.04. The Morgan fingerprint density at radius 2 is 2.04 bits per heavy atom. The van der Waals surface area contributed by atoms with Crippen LogP contribution in [0, 0.1) is 6.92 Å². The lowest BCUT2D eigenvalue weighted by molar-refractivity contribution is -0.119. The number of nitrogens with one attached hydrogen (secondary N) is 1. The van der Waals surface area contributed by atoms with E-state index in [1.807, 2.05) is 60.4 Å². The Balaban J connectivity index is 1.80. The number of hydrogen-bond donors (Lipinski definition) is 1. The van der Waals surface area contributed by atoms with Crippen molar-refractivity contribution in [1.82, 2.24) is 0 Å². The Bertz CT molecular complexity index is 776. The number of aryl methyl sites for hydroxylation is 1. The van der Waals surface area contributed by atoms with Crippen molar-refractivity contribution in [2.75, 3.05) is 29.7 Å². The molecule has 1 atom stereocenters. The van der Waals surface area contributed by atoms with E-state index in [0.717, 1.165) is 16.8 Å². The minimum Gasteiger partial charge on any atom is -0.375 e. The molecule has 0 aromatic heterocycles. The molecule has 1 N–H and O–H groups in total. The lowest BCUT2D eigenvalue weighted by atomic mass is 10.1. The second-order valence-electron chi connectivity index (χ2n) is 5.87. The summed E-state index contributed by atoms with van der Waals surface area (Å²) in [5, 5.41) is 2.71. The van der Waals surface area contributed by atoms with Crippen LogP contribution in [0.4, 0.5) is 11.4 Å². The van der Waals surface area contributed by atoms with Crippen LogP contribution >= 0.6 is 11.8 Å². The van der Waals surface area contributed by atoms with Crippen molar-refractivity contribution in [3.8, 4) is 0 Å². The number of rotatable bonds is 5. The Morgan fingerprint density at radius 3 is 2.72 bits per heavy atom. The fourth-order valence-electron chi connectivity index (χ4n) is 2.79. The zero-order chi connectivity index (χ0) is 17.8. The van der Waals surface area contributed by atoms with Gasteiger partial charge in [0.1, 0.15) is 12.0 Å². The lowest BCUT2D eigenvalue weighted by Gasteiger charge is -2.25. The molecule has 0 saturated carbocycles. The SMILES string of the molecule is COCC(=O)Nc1ccc(C2SCC(=O)N2c2cccc(C)c2)cc1. The van der Waals surface area contributed by atoms with Crippen LogP contribution in [0.15, 0.2) is 48.5 Å². The van der Waals surface area contributed by atoms with Crippen LogP contribution in [0.1, 0.15) is 16.5 Å². The second-order valence-corrected chi connectivity index (χ2v) is 6.94. The van der Waals surface area contributed by atoms with Crippen molar-refractivity contribution in [1.29, 1.82) is 0 Å².